The van der Waals surface area contributed by atoms with Crippen molar-refractivity contribution in [2.45, 2.75) is 0 Å². The summed E-state index contributed by atoms with van der Waals surface area (Å²) in [6.07, 6.45) is 0. The largest absolute Gasteiger partial charge is 0.455 e. The topological polar surface area (TPSA) is 16.4 Å². The zero-order valence-corrected chi connectivity index (χ0v) is 29.6. The predicted octanol–water partition coefficient (Wildman–Crippen LogP) is 14.9. The highest BCUT2D eigenvalue weighted by Crippen LogP contribution is 2.48. The van der Waals surface area contributed by atoms with Gasteiger partial charge in [0.25, 0.3) is 0 Å². The molecule has 0 saturated carbocycles. The van der Waals surface area contributed by atoms with E-state index in [0.29, 0.717) is 0 Å². The number of fused-ring (bicyclic) bond motifs is 4. The van der Waals surface area contributed by atoms with E-state index >= 15 is 0 Å². The Balaban J connectivity index is 1.16. The first-order chi connectivity index (χ1) is 26.8. The number of nitrogens with zero attached hydrogens (tertiary/aromatic N) is 1. The molecule has 0 aliphatic carbocycles. The van der Waals surface area contributed by atoms with Crippen molar-refractivity contribution in [2.24, 2.45) is 0 Å². The molecule has 0 spiro atoms. The number of hydrogen-bond donors (Lipinski definition) is 0. The Bertz CT molecular complexity index is 2910. The molecule has 2 heteroatoms. The Hall–Kier alpha value is -7.16. The molecule has 0 N–H and O–H groups in total. The summed E-state index contributed by atoms with van der Waals surface area (Å²) in [6, 6.07) is 75.8. The summed E-state index contributed by atoms with van der Waals surface area (Å²) >= 11 is 0. The van der Waals surface area contributed by atoms with Crippen molar-refractivity contribution >= 4 is 49.8 Å². The molecule has 9 aromatic carbocycles. The molecule has 254 valence electrons. The molecular formula is C52H35NO. The second kappa shape index (κ2) is 13.4. The summed E-state index contributed by atoms with van der Waals surface area (Å²) < 4.78 is 6.82. The fourth-order valence-corrected chi connectivity index (χ4v) is 7.81. The molecule has 10 rings (SSSR count). The van der Waals surface area contributed by atoms with Gasteiger partial charge in [0.05, 0.1) is 16.8 Å². The molecule has 0 fully saturated rings. The molecule has 0 aliphatic rings. The van der Waals surface area contributed by atoms with Crippen molar-refractivity contribution in [2.75, 3.05) is 4.90 Å². The maximum atomic E-state index is 6.82. The van der Waals surface area contributed by atoms with Gasteiger partial charge in [-0.15, -0.1) is 0 Å². The van der Waals surface area contributed by atoms with E-state index in [-0.39, 0.29) is 0 Å². The van der Waals surface area contributed by atoms with Crippen molar-refractivity contribution in [1.29, 1.82) is 0 Å². The quantitative estimate of drug-likeness (QED) is 0.166. The summed E-state index contributed by atoms with van der Waals surface area (Å²) in [5.74, 6) is 0. The molecule has 0 atom stereocenters. The predicted molar refractivity (Wildman–Crippen MR) is 228 cm³/mol. The molecular weight excluding hydrogens is 655 g/mol. The van der Waals surface area contributed by atoms with Gasteiger partial charge in [-0.05, 0) is 86.6 Å². The van der Waals surface area contributed by atoms with Crippen molar-refractivity contribution in [3.8, 4) is 44.5 Å². The number of benzene rings is 9. The van der Waals surface area contributed by atoms with E-state index in [1.54, 1.807) is 0 Å². The molecule has 0 saturated heterocycles. The van der Waals surface area contributed by atoms with Crippen molar-refractivity contribution in [1.82, 2.24) is 0 Å². The number of anilines is 3. The fourth-order valence-electron chi connectivity index (χ4n) is 7.81. The zero-order chi connectivity index (χ0) is 35.8. The average Bonchev–Trinajstić information content (AvgIpc) is 3.65. The minimum Gasteiger partial charge on any atom is -0.455 e. The van der Waals surface area contributed by atoms with Gasteiger partial charge < -0.3 is 9.32 Å². The standard InChI is InChI=1S/C52H35NO/c1-3-13-36(14-4-1)38-23-25-39(26-24-38)40-29-31-44(32-30-40)53(48-21-11-9-19-45(48)41-16-5-2-6-17-41)49-34-33-46(43-28-27-37-15-7-8-18-42(37)35-43)52-51(49)47-20-10-12-22-50(47)54-52/h1-35H. The van der Waals surface area contributed by atoms with Crippen molar-refractivity contribution in [3.63, 3.8) is 0 Å². The van der Waals surface area contributed by atoms with Gasteiger partial charge in [-0.1, -0.05) is 170 Å². The van der Waals surface area contributed by atoms with Gasteiger partial charge in [0.1, 0.15) is 11.2 Å². The van der Waals surface area contributed by atoms with Crippen LogP contribution < -0.4 is 4.90 Å². The second-order valence-electron chi connectivity index (χ2n) is 13.7. The lowest BCUT2D eigenvalue weighted by atomic mass is 9.96. The van der Waals surface area contributed by atoms with Gasteiger partial charge >= 0.3 is 0 Å². The van der Waals surface area contributed by atoms with E-state index in [1.807, 2.05) is 6.07 Å². The lowest BCUT2D eigenvalue weighted by molar-refractivity contribution is 0.670. The fraction of sp³-hybridized carbons (Fsp3) is 0. The molecule has 0 radical (unpaired) electrons. The maximum Gasteiger partial charge on any atom is 0.145 e. The molecule has 54 heavy (non-hydrogen) atoms. The van der Waals surface area contributed by atoms with Crippen LogP contribution in [0, 0.1) is 0 Å². The third-order valence-electron chi connectivity index (χ3n) is 10.5. The van der Waals surface area contributed by atoms with E-state index in [9.17, 15) is 0 Å². The van der Waals surface area contributed by atoms with Crippen molar-refractivity contribution in [3.05, 3.63) is 212 Å². The van der Waals surface area contributed by atoms with Crippen LogP contribution in [0.3, 0.4) is 0 Å². The van der Waals surface area contributed by atoms with Crippen LogP contribution in [0.4, 0.5) is 17.1 Å². The molecule has 0 amide bonds. The number of rotatable bonds is 7. The van der Waals surface area contributed by atoms with Gasteiger partial charge in [-0.25, -0.2) is 0 Å². The smallest absolute Gasteiger partial charge is 0.145 e. The summed E-state index contributed by atoms with van der Waals surface area (Å²) in [7, 11) is 0. The van der Waals surface area contributed by atoms with Crippen LogP contribution in [0.1, 0.15) is 0 Å². The van der Waals surface area contributed by atoms with Crippen LogP contribution in [0.25, 0.3) is 77.2 Å². The number of para-hydroxylation sites is 2. The average molecular weight is 690 g/mol. The van der Waals surface area contributed by atoms with Crippen LogP contribution >= 0.6 is 0 Å². The lowest BCUT2D eigenvalue weighted by Gasteiger charge is -2.29. The molecule has 1 heterocycles. The SMILES string of the molecule is c1ccc(-c2ccc(-c3ccc(N(c4ccccc4-c4ccccc4)c4ccc(-c5ccc6ccccc6c5)c5oc6ccccc6c45)cc3)cc2)cc1. The Kier molecular flexibility index (Phi) is 7.85. The van der Waals surface area contributed by atoms with Gasteiger partial charge in [-0.3, -0.25) is 0 Å². The van der Waals surface area contributed by atoms with Crippen LogP contribution in [-0.4, -0.2) is 0 Å². The number of furan rings is 1. The van der Waals surface area contributed by atoms with Gasteiger partial charge in [0.2, 0.25) is 0 Å². The monoisotopic (exact) mass is 689 g/mol. The van der Waals surface area contributed by atoms with Crippen LogP contribution in [-0.2, 0) is 0 Å². The van der Waals surface area contributed by atoms with Gasteiger partial charge in [-0.2, -0.15) is 0 Å². The Labute approximate surface area is 314 Å². The third-order valence-corrected chi connectivity index (χ3v) is 10.5. The number of hydrogen-bond acceptors (Lipinski definition) is 2. The first kappa shape index (κ1) is 31.6. The highest BCUT2D eigenvalue weighted by atomic mass is 16.3. The van der Waals surface area contributed by atoms with E-state index in [0.717, 1.165) is 61.3 Å². The van der Waals surface area contributed by atoms with E-state index in [1.165, 1.54) is 33.0 Å². The minimum absolute atomic E-state index is 0.868. The minimum atomic E-state index is 0.868. The second-order valence-corrected chi connectivity index (χ2v) is 13.7. The van der Waals surface area contributed by atoms with Crippen LogP contribution in [0.15, 0.2) is 217 Å². The van der Waals surface area contributed by atoms with E-state index in [4.69, 9.17) is 4.42 Å². The van der Waals surface area contributed by atoms with E-state index in [2.05, 4.69) is 211 Å². The Morgan fingerprint density at radius 2 is 0.889 bits per heavy atom. The highest BCUT2D eigenvalue weighted by Gasteiger charge is 2.24. The first-order valence-corrected chi connectivity index (χ1v) is 18.4. The Morgan fingerprint density at radius 3 is 1.63 bits per heavy atom. The molecule has 1 aromatic heterocycles. The maximum absolute atomic E-state index is 6.82. The van der Waals surface area contributed by atoms with Crippen molar-refractivity contribution < 1.29 is 4.42 Å². The molecule has 2 nitrogen and oxygen atoms in total. The Morgan fingerprint density at radius 1 is 0.333 bits per heavy atom. The molecule has 0 unspecified atom stereocenters. The van der Waals surface area contributed by atoms with Crippen LogP contribution in [0.5, 0.6) is 0 Å². The summed E-state index contributed by atoms with van der Waals surface area (Å²) in [5.41, 5.74) is 14.2. The van der Waals surface area contributed by atoms with E-state index < -0.39 is 0 Å². The van der Waals surface area contributed by atoms with Gasteiger partial charge in [0, 0.05) is 22.2 Å². The summed E-state index contributed by atoms with van der Waals surface area (Å²) in [6.45, 7) is 0. The zero-order valence-electron chi connectivity index (χ0n) is 29.6. The molecule has 0 bridgehead atoms. The normalized spacial score (nSPS) is 11.3. The molecule has 0 aliphatic heterocycles. The first-order valence-electron chi connectivity index (χ1n) is 18.4. The van der Waals surface area contributed by atoms with Gasteiger partial charge in [0.15, 0.2) is 0 Å². The molecule has 10 aromatic rings. The summed E-state index contributed by atoms with van der Waals surface area (Å²) in [5, 5.41) is 4.59. The lowest BCUT2D eigenvalue weighted by Crippen LogP contribution is -2.11. The summed E-state index contributed by atoms with van der Waals surface area (Å²) in [4.78, 5) is 2.40. The highest BCUT2D eigenvalue weighted by molar-refractivity contribution is 6.17. The third kappa shape index (κ3) is 5.62. The van der Waals surface area contributed by atoms with Crippen LogP contribution in [0.2, 0.25) is 0 Å².